The third-order valence-electron chi connectivity index (χ3n) is 1.88. The first-order chi connectivity index (χ1) is 6.29. The normalized spacial score (nSPS) is 13.3. The van der Waals surface area contributed by atoms with Gasteiger partial charge in [-0.2, -0.15) is 0 Å². The summed E-state index contributed by atoms with van der Waals surface area (Å²) in [5.74, 6) is 0.588. The average molecular weight is 195 g/mol. The van der Waals surface area contributed by atoms with Crippen molar-refractivity contribution in [1.29, 1.82) is 0 Å². The third-order valence-corrected chi connectivity index (χ3v) is 2.08. The van der Waals surface area contributed by atoms with Crippen molar-refractivity contribution in [3.63, 3.8) is 0 Å². The number of rotatable bonds is 1. The minimum absolute atomic E-state index is 0.434. The monoisotopic (exact) mass is 194 g/mol. The fourth-order valence-electron chi connectivity index (χ4n) is 1.31. The summed E-state index contributed by atoms with van der Waals surface area (Å²) in [5.41, 5.74) is 1.33. The molecular weight excluding hydrogens is 188 g/mol. The number of carbonyl (C=O) groups is 1. The first kappa shape index (κ1) is 8.32. The summed E-state index contributed by atoms with van der Waals surface area (Å²) in [5, 5.41) is -0.479. The summed E-state index contributed by atoms with van der Waals surface area (Å²) in [6.07, 6.45) is 3.81. The molecule has 0 aromatic heterocycles. The first-order valence-electron chi connectivity index (χ1n) is 3.91. The molecular formula is C10H7ClO2. The van der Waals surface area contributed by atoms with Gasteiger partial charge in [-0.15, -0.1) is 0 Å². The topological polar surface area (TPSA) is 26.3 Å². The number of para-hydroxylation sites is 1. The molecule has 0 fully saturated rings. The zero-order chi connectivity index (χ0) is 9.26. The summed E-state index contributed by atoms with van der Waals surface area (Å²) in [4.78, 5) is 11.0. The largest absolute Gasteiger partial charge is 0.488 e. The Kier molecular flexibility index (Phi) is 2.07. The lowest BCUT2D eigenvalue weighted by Gasteiger charge is -2.14. The Morgan fingerprint density at radius 1 is 1.46 bits per heavy atom. The van der Waals surface area contributed by atoms with Crippen molar-refractivity contribution in [2.75, 3.05) is 6.61 Å². The van der Waals surface area contributed by atoms with Gasteiger partial charge in [0.2, 0.25) is 0 Å². The number of carbonyl (C=O) groups excluding carboxylic acids is 1. The molecule has 1 aromatic carbocycles. The highest BCUT2D eigenvalue weighted by atomic mass is 35.5. The van der Waals surface area contributed by atoms with Gasteiger partial charge < -0.3 is 4.74 Å². The van der Waals surface area contributed by atoms with Gasteiger partial charge >= 0.3 is 0 Å². The van der Waals surface area contributed by atoms with E-state index in [1.807, 2.05) is 18.2 Å². The van der Waals surface area contributed by atoms with Crippen LogP contribution in [-0.4, -0.2) is 11.8 Å². The van der Waals surface area contributed by atoms with Gasteiger partial charge in [-0.3, -0.25) is 4.79 Å². The van der Waals surface area contributed by atoms with E-state index in [9.17, 15) is 4.79 Å². The Balaban J connectivity index is 2.59. The van der Waals surface area contributed by atoms with Gasteiger partial charge in [0.1, 0.15) is 12.4 Å². The molecule has 0 amide bonds. The van der Waals surface area contributed by atoms with Crippen LogP contribution >= 0.6 is 11.6 Å². The number of hydrogen-bond acceptors (Lipinski definition) is 2. The van der Waals surface area contributed by atoms with E-state index in [-0.39, 0.29) is 0 Å². The molecule has 66 valence electrons. The van der Waals surface area contributed by atoms with Crippen LogP contribution < -0.4 is 4.74 Å². The Labute approximate surface area is 80.8 Å². The number of halogens is 1. The fraction of sp³-hybridized carbons (Fsp3) is 0.100. The smallest absolute Gasteiger partial charge is 0.256 e. The maximum Gasteiger partial charge on any atom is 0.256 e. The predicted molar refractivity (Wildman–Crippen MR) is 51.2 cm³/mol. The zero-order valence-corrected chi connectivity index (χ0v) is 7.54. The van der Waals surface area contributed by atoms with Crippen LogP contribution in [0.2, 0.25) is 0 Å². The number of hydrogen-bond donors (Lipinski definition) is 0. The van der Waals surface area contributed by atoms with Gasteiger partial charge in [-0.1, -0.05) is 18.2 Å². The summed E-state index contributed by atoms with van der Waals surface area (Å²) in [6, 6.07) is 5.33. The van der Waals surface area contributed by atoms with Gasteiger partial charge in [-0.25, -0.2) is 0 Å². The minimum atomic E-state index is -0.479. The van der Waals surface area contributed by atoms with Crippen molar-refractivity contribution in [2.24, 2.45) is 0 Å². The van der Waals surface area contributed by atoms with Gasteiger partial charge in [-0.05, 0) is 23.7 Å². The molecule has 2 rings (SSSR count). The van der Waals surface area contributed by atoms with Gasteiger partial charge in [0.05, 0.1) is 5.56 Å². The average Bonchev–Trinajstić information content (AvgIpc) is 2.17. The second kappa shape index (κ2) is 3.23. The molecule has 1 aliphatic rings. The van der Waals surface area contributed by atoms with E-state index in [1.165, 1.54) is 0 Å². The van der Waals surface area contributed by atoms with Gasteiger partial charge in [0, 0.05) is 5.56 Å². The van der Waals surface area contributed by atoms with E-state index < -0.39 is 5.24 Å². The van der Waals surface area contributed by atoms with E-state index >= 15 is 0 Å². The summed E-state index contributed by atoms with van der Waals surface area (Å²) < 4.78 is 5.32. The summed E-state index contributed by atoms with van der Waals surface area (Å²) >= 11 is 5.40. The van der Waals surface area contributed by atoms with Crippen LogP contribution in [0, 0.1) is 0 Å². The van der Waals surface area contributed by atoms with Gasteiger partial charge in [0.25, 0.3) is 5.24 Å². The Morgan fingerprint density at radius 3 is 3.08 bits per heavy atom. The highest BCUT2D eigenvalue weighted by molar-refractivity contribution is 6.68. The van der Waals surface area contributed by atoms with Crippen molar-refractivity contribution < 1.29 is 9.53 Å². The first-order valence-corrected chi connectivity index (χ1v) is 4.29. The Hall–Kier alpha value is -1.28. The van der Waals surface area contributed by atoms with Crippen molar-refractivity contribution in [1.82, 2.24) is 0 Å². The molecule has 1 heterocycles. The van der Waals surface area contributed by atoms with Crippen molar-refractivity contribution >= 4 is 22.9 Å². The second-order valence-electron chi connectivity index (χ2n) is 2.71. The molecule has 1 aromatic rings. The van der Waals surface area contributed by atoms with Crippen LogP contribution in [0.3, 0.4) is 0 Å². The number of ether oxygens (including phenoxy) is 1. The molecule has 3 heteroatoms. The van der Waals surface area contributed by atoms with E-state index in [2.05, 4.69) is 0 Å². The van der Waals surface area contributed by atoms with Crippen LogP contribution in [0.5, 0.6) is 5.75 Å². The van der Waals surface area contributed by atoms with E-state index in [1.54, 1.807) is 12.1 Å². The number of fused-ring (bicyclic) bond motifs is 1. The summed E-state index contributed by atoms with van der Waals surface area (Å²) in [7, 11) is 0. The van der Waals surface area contributed by atoms with Crippen LogP contribution in [0.4, 0.5) is 0 Å². The maximum atomic E-state index is 11.0. The molecule has 0 saturated heterocycles. The quantitative estimate of drug-likeness (QED) is 0.642. The summed E-state index contributed by atoms with van der Waals surface area (Å²) in [6.45, 7) is 0.494. The Bertz CT molecular complexity index is 383. The third kappa shape index (κ3) is 1.45. The van der Waals surface area contributed by atoms with Crippen molar-refractivity contribution in [3.05, 3.63) is 35.4 Å². The SMILES string of the molecule is O=C(Cl)c1cccc2c1OCC=C2. The fourth-order valence-corrected chi connectivity index (χ4v) is 1.46. The van der Waals surface area contributed by atoms with Crippen LogP contribution in [0.15, 0.2) is 24.3 Å². The zero-order valence-electron chi connectivity index (χ0n) is 6.79. The Morgan fingerprint density at radius 2 is 2.31 bits per heavy atom. The second-order valence-corrected chi connectivity index (χ2v) is 3.05. The molecule has 13 heavy (non-hydrogen) atoms. The molecule has 0 unspecified atom stereocenters. The van der Waals surface area contributed by atoms with Crippen LogP contribution in [-0.2, 0) is 0 Å². The number of benzene rings is 1. The van der Waals surface area contributed by atoms with E-state index in [4.69, 9.17) is 16.3 Å². The van der Waals surface area contributed by atoms with Crippen LogP contribution in [0.1, 0.15) is 15.9 Å². The van der Waals surface area contributed by atoms with E-state index in [0.717, 1.165) is 5.56 Å². The molecule has 0 atom stereocenters. The molecule has 0 spiro atoms. The molecule has 0 radical (unpaired) electrons. The highest BCUT2D eigenvalue weighted by Crippen LogP contribution is 2.28. The van der Waals surface area contributed by atoms with Crippen molar-refractivity contribution in [2.45, 2.75) is 0 Å². The maximum absolute atomic E-state index is 11.0. The minimum Gasteiger partial charge on any atom is -0.488 e. The lowest BCUT2D eigenvalue weighted by Crippen LogP contribution is -2.04. The lowest BCUT2D eigenvalue weighted by molar-refractivity contribution is 0.107. The molecule has 2 nitrogen and oxygen atoms in total. The lowest BCUT2D eigenvalue weighted by atomic mass is 10.1. The van der Waals surface area contributed by atoms with Gasteiger partial charge in [0.15, 0.2) is 0 Å². The standard InChI is InChI=1S/C10H7ClO2/c11-10(12)8-5-1-3-7-4-2-6-13-9(7)8/h1-5H,6H2. The van der Waals surface area contributed by atoms with Crippen LogP contribution in [0.25, 0.3) is 6.08 Å². The van der Waals surface area contributed by atoms with E-state index in [0.29, 0.717) is 17.9 Å². The van der Waals surface area contributed by atoms with Crippen molar-refractivity contribution in [3.8, 4) is 5.75 Å². The predicted octanol–water partition coefficient (Wildman–Crippen LogP) is 2.47. The molecule has 0 saturated carbocycles. The molecule has 0 bridgehead atoms. The highest BCUT2D eigenvalue weighted by Gasteiger charge is 2.14. The molecule has 1 aliphatic heterocycles. The molecule has 0 N–H and O–H groups in total. The molecule has 0 aliphatic carbocycles.